The number of hydrogen-bond acceptors (Lipinski definition) is 3. The molecule has 0 saturated carbocycles. The summed E-state index contributed by atoms with van der Waals surface area (Å²) in [6.07, 6.45) is 0. The maximum absolute atomic E-state index is 12.4. The molecule has 0 aromatic heterocycles. The van der Waals surface area contributed by atoms with Crippen molar-refractivity contribution in [2.24, 2.45) is 5.73 Å². The maximum atomic E-state index is 12.4. The second kappa shape index (κ2) is 6.60. The van der Waals surface area contributed by atoms with E-state index in [1.807, 2.05) is 0 Å². The van der Waals surface area contributed by atoms with Crippen LogP contribution in [0.2, 0.25) is 5.02 Å². The molecular formula is C14H12BrClN2O2S. The molecule has 2 rings (SSSR count). The van der Waals surface area contributed by atoms with Crippen LogP contribution in [0.25, 0.3) is 0 Å². The highest BCUT2D eigenvalue weighted by molar-refractivity contribution is 9.10. The second-order valence-electron chi connectivity index (χ2n) is 4.34. The van der Waals surface area contributed by atoms with Crippen LogP contribution in [0.1, 0.15) is 15.9 Å². The van der Waals surface area contributed by atoms with Crippen molar-refractivity contribution < 1.29 is 9.00 Å². The number of primary amides is 1. The molecule has 4 N–H and O–H groups in total. The van der Waals surface area contributed by atoms with Gasteiger partial charge in [-0.15, -0.1) is 0 Å². The van der Waals surface area contributed by atoms with E-state index >= 15 is 0 Å². The van der Waals surface area contributed by atoms with Gasteiger partial charge in [0.05, 0.1) is 21.4 Å². The fraction of sp³-hybridized carbons (Fsp3) is 0.0714. The van der Waals surface area contributed by atoms with Crippen LogP contribution < -0.4 is 11.5 Å². The zero-order valence-electron chi connectivity index (χ0n) is 10.8. The molecule has 2 aromatic carbocycles. The Morgan fingerprint density at radius 3 is 2.52 bits per heavy atom. The lowest BCUT2D eigenvalue weighted by Crippen LogP contribution is -2.11. The lowest BCUT2D eigenvalue weighted by Gasteiger charge is -2.08. The molecule has 2 aromatic rings. The van der Waals surface area contributed by atoms with Crippen molar-refractivity contribution in [3.05, 3.63) is 57.0 Å². The normalized spacial score (nSPS) is 12.1. The van der Waals surface area contributed by atoms with E-state index in [0.29, 0.717) is 26.7 Å². The van der Waals surface area contributed by atoms with Crippen LogP contribution in [0.4, 0.5) is 5.69 Å². The molecule has 0 saturated heterocycles. The average Bonchev–Trinajstić information content (AvgIpc) is 2.40. The molecule has 0 aliphatic heterocycles. The molecule has 1 unspecified atom stereocenters. The van der Waals surface area contributed by atoms with Gasteiger partial charge < -0.3 is 11.5 Å². The van der Waals surface area contributed by atoms with Gasteiger partial charge in [-0.25, -0.2) is 0 Å². The van der Waals surface area contributed by atoms with E-state index in [0.717, 1.165) is 4.47 Å². The van der Waals surface area contributed by atoms with E-state index in [1.165, 1.54) is 6.07 Å². The van der Waals surface area contributed by atoms with Crippen LogP contribution in [0.3, 0.4) is 0 Å². The van der Waals surface area contributed by atoms with Gasteiger partial charge in [0.25, 0.3) is 0 Å². The standard InChI is InChI=1S/C14H12BrClN2O2S/c15-10-3-4-13(12(17)6-10)21(20)7-9-2-1-8(14(18)19)5-11(9)16/h1-6H,7,17H2,(H2,18,19). The molecule has 1 amide bonds. The highest BCUT2D eigenvalue weighted by Crippen LogP contribution is 2.26. The summed E-state index contributed by atoms with van der Waals surface area (Å²) < 4.78 is 13.2. The zero-order valence-corrected chi connectivity index (χ0v) is 14.0. The molecule has 0 aliphatic rings. The first-order valence-electron chi connectivity index (χ1n) is 5.90. The molecule has 0 heterocycles. The molecule has 1 atom stereocenters. The fourth-order valence-electron chi connectivity index (χ4n) is 1.76. The molecule has 110 valence electrons. The van der Waals surface area contributed by atoms with Gasteiger partial charge in [0.15, 0.2) is 0 Å². The number of carbonyl (C=O) groups excluding carboxylic acids is 1. The third-order valence-electron chi connectivity index (χ3n) is 2.84. The van der Waals surface area contributed by atoms with Gasteiger partial charge in [-0.1, -0.05) is 33.6 Å². The molecule has 0 bridgehead atoms. The number of anilines is 1. The van der Waals surface area contributed by atoms with Crippen LogP contribution >= 0.6 is 27.5 Å². The van der Waals surface area contributed by atoms with Crippen LogP contribution in [-0.2, 0) is 16.6 Å². The Kier molecular flexibility index (Phi) is 5.03. The van der Waals surface area contributed by atoms with Gasteiger partial charge in [-0.2, -0.15) is 0 Å². The summed E-state index contributed by atoms with van der Waals surface area (Å²) in [7, 11) is -1.33. The number of rotatable bonds is 4. The van der Waals surface area contributed by atoms with E-state index < -0.39 is 16.7 Å². The number of nitrogens with two attached hydrogens (primary N) is 2. The molecule has 0 aliphatic carbocycles. The summed E-state index contributed by atoms with van der Waals surface area (Å²) in [5.74, 6) is -0.342. The van der Waals surface area contributed by atoms with Crippen LogP contribution in [0.5, 0.6) is 0 Å². The van der Waals surface area contributed by atoms with Crippen LogP contribution in [-0.4, -0.2) is 10.1 Å². The number of hydrogen-bond donors (Lipinski definition) is 2. The molecule has 0 fully saturated rings. The molecule has 7 heteroatoms. The second-order valence-corrected chi connectivity index (χ2v) is 7.08. The van der Waals surface area contributed by atoms with Crippen molar-refractivity contribution >= 4 is 49.9 Å². The predicted molar refractivity (Wildman–Crippen MR) is 88.6 cm³/mol. The largest absolute Gasteiger partial charge is 0.398 e. The van der Waals surface area contributed by atoms with Crippen LogP contribution in [0, 0.1) is 0 Å². The summed E-state index contributed by atoms with van der Waals surface area (Å²) >= 11 is 9.39. The molecular weight excluding hydrogens is 376 g/mol. The van der Waals surface area contributed by atoms with E-state index in [9.17, 15) is 9.00 Å². The summed E-state index contributed by atoms with van der Waals surface area (Å²) in [5, 5.41) is 0.357. The highest BCUT2D eigenvalue weighted by atomic mass is 79.9. The zero-order chi connectivity index (χ0) is 15.6. The Balaban J connectivity index is 2.25. The lowest BCUT2D eigenvalue weighted by atomic mass is 10.1. The minimum absolute atomic E-state index is 0.212. The Hall–Kier alpha value is -1.37. The van der Waals surface area contributed by atoms with Gasteiger partial charge in [-0.05, 0) is 35.9 Å². The summed E-state index contributed by atoms with van der Waals surface area (Å²) in [6.45, 7) is 0. The smallest absolute Gasteiger partial charge is 0.248 e. The number of nitrogen functional groups attached to an aromatic ring is 1. The van der Waals surface area contributed by atoms with Crippen molar-refractivity contribution in [3.63, 3.8) is 0 Å². The van der Waals surface area contributed by atoms with Gasteiger partial charge in [0, 0.05) is 20.7 Å². The number of benzene rings is 2. The van der Waals surface area contributed by atoms with Crippen LogP contribution in [0.15, 0.2) is 45.8 Å². The molecule has 4 nitrogen and oxygen atoms in total. The lowest BCUT2D eigenvalue weighted by molar-refractivity contribution is 0.100. The Morgan fingerprint density at radius 2 is 1.95 bits per heavy atom. The van der Waals surface area contributed by atoms with Gasteiger partial charge >= 0.3 is 0 Å². The minimum Gasteiger partial charge on any atom is -0.398 e. The molecule has 0 radical (unpaired) electrons. The Morgan fingerprint density at radius 1 is 1.24 bits per heavy atom. The number of carbonyl (C=O) groups is 1. The van der Waals surface area contributed by atoms with E-state index in [-0.39, 0.29) is 5.75 Å². The van der Waals surface area contributed by atoms with Crippen molar-refractivity contribution in [2.75, 3.05) is 5.73 Å². The minimum atomic E-state index is -1.33. The van der Waals surface area contributed by atoms with E-state index in [2.05, 4.69) is 15.9 Å². The third-order valence-corrected chi connectivity index (χ3v) is 5.12. The Labute approximate surface area is 138 Å². The summed E-state index contributed by atoms with van der Waals surface area (Å²) in [6, 6.07) is 9.87. The summed E-state index contributed by atoms with van der Waals surface area (Å²) in [4.78, 5) is 11.6. The highest BCUT2D eigenvalue weighted by Gasteiger charge is 2.12. The predicted octanol–water partition coefficient (Wildman–Crippen LogP) is 3.09. The summed E-state index contributed by atoms with van der Waals surface area (Å²) in [5.41, 5.74) is 12.5. The monoisotopic (exact) mass is 386 g/mol. The Bertz CT molecular complexity index is 737. The topological polar surface area (TPSA) is 86.2 Å². The van der Waals surface area contributed by atoms with Gasteiger partial charge in [-0.3, -0.25) is 9.00 Å². The van der Waals surface area contributed by atoms with Crippen molar-refractivity contribution in [1.29, 1.82) is 0 Å². The quantitative estimate of drug-likeness (QED) is 0.790. The first kappa shape index (κ1) is 16.0. The molecule has 0 spiro atoms. The van der Waals surface area contributed by atoms with E-state index in [4.69, 9.17) is 23.1 Å². The molecule has 21 heavy (non-hydrogen) atoms. The van der Waals surface area contributed by atoms with Crippen molar-refractivity contribution in [2.45, 2.75) is 10.6 Å². The SMILES string of the molecule is NC(=O)c1ccc(CS(=O)c2ccc(Br)cc2N)c(Cl)c1. The number of amides is 1. The van der Waals surface area contributed by atoms with Gasteiger partial charge in [0.1, 0.15) is 0 Å². The van der Waals surface area contributed by atoms with Crippen molar-refractivity contribution in [1.82, 2.24) is 0 Å². The fourth-order valence-corrected chi connectivity index (χ4v) is 3.70. The average molecular weight is 388 g/mol. The maximum Gasteiger partial charge on any atom is 0.248 e. The third kappa shape index (κ3) is 3.84. The van der Waals surface area contributed by atoms with Crippen molar-refractivity contribution in [3.8, 4) is 0 Å². The number of halogens is 2. The first-order chi connectivity index (χ1) is 9.88. The van der Waals surface area contributed by atoms with E-state index in [1.54, 1.807) is 30.3 Å². The first-order valence-corrected chi connectivity index (χ1v) is 8.39. The van der Waals surface area contributed by atoms with Gasteiger partial charge in [0.2, 0.25) is 5.91 Å².